The summed E-state index contributed by atoms with van der Waals surface area (Å²) in [7, 11) is -9.82. The van der Waals surface area contributed by atoms with Crippen LogP contribution in [0.5, 0.6) is 5.75 Å². The fraction of sp³-hybridized carbons (Fsp3) is 0.125. The fourth-order valence-electron chi connectivity index (χ4n) is 2.48. The Labute approximate surface area is 182 Å². The number of halogens is 4. The van der Waals surface area contributed by atoms with E-state index in [1.807, 2.05) is 0 Å². The highest BCUT2D eigenvalue weighted by molar-refractivity contribution is 7.89. The van der Waals surface area contributed by atoms with Crippen molar-refractivity contribution in [3.63, 3.8) is 0 Å². The van der Waals surface area contributed by atoms with Gasteiger partial charge in [0.2, 0.25) is 10.0 Å². The standard InChI is InChI=1S/C16H10ClF3N2O6S3/c1-30(24,25)22-15(23)11-7-29-14-9(4-5-21-13(11)14)10-6-8(17)2-3-12(10)28-31(26,27)16(18,19)20/h2-7H,1H3,(H,22,23). The first-order valence-corrected chi connectivity index (χ1v) is 12.4. The number of pyridine rings is 1. The lowest BCUT2D eigenvalue weighted by atomic mass is 10.0. The van der Waals surface area contributed by atoms with Gasteiger partial charge in [-0.15, -0.1) is 11.3 Å². The van der Waals surface area contributed by atoms with Crippen molar-refractivity contribution in [3.8, 4) is 16.9 Å². The van der Waals surface area contributed by atoms with Gasteiger partial charge in [0.15, 0.2) is 5.75 Å². The Bertz CT molecular complexity index is 1400. The van der Waals surface area contributed by atoms with Crippen LogP contribution in [0.1, 0.15) is 10.4 Å². The maximum atomic E-state index is 12.8. The average molecular weight is 515 g/mol. The van der Waals surface area contributed by atoms with Gasteiger partial charge >= 0.3 is 15.6 Å². The monoisotopic (exact) mass is 514 g/mol. The Morgan fingerprint density at radius 1 is 1.16 bits per heavy atom. The maximum Gasteiger partial charge on any atom is 0.534 e. The van der Waals surface area contributed by atoms with Gasteiger partial charge in [-0.05, 0) is 24.3 Å². The van der Waals surface area contributed by atoms with Crippen LogP contribution in [0.4, 0.5) is 13.2 Å². The molecule has 1 N–H and O–H groups in total. The average Bonchev–Trinajstić information content (AvgIpc) is 3.05. The molecule has 31 heavy (non-hydrogen) atoms. The van der Waals surface area contributed by atoms with Crippen LogP contribution < -0.4 is 8.91 Å². The number of amides is 1. The Morgan fingerprint density at radius 3 is 2.45 bits per heavy atom. The molecule has 0 atom stereocenters. The lowest BCUT2D eigenvalue weighted by Gasteiger charge is -2.14. The second-order valence-electron chi connectivity index (χ2n) is 6.01. The molecule has 8 nitrogen and oxygen atoms in total. The number of nitrogens with one attached hydrogen (secondary N) is 1. The molecule has 0 aliphatic rings. The quantitative estimate of drug-likeness (QED) is 0.408. The summed E-state index contributed by atoms with van der Waals surface area (Å²) in [6.07, 6.45) is 2.00. The molecule has 1 amide bonds. The van der Waals surface area contributed by atoms with Gasteiger partial charge in [-0.1, -0.05) is 11.6 Å². The minimum atomic E-state index is -5.96. The number of rotatable bonds is 5. The second kappa shape index (κ2) is 7.93. The zero-order chi connectivity index (χ0) is 23.2. The highest BCUT2D eigenvalue weighted by Gasteiger charge is 2.48. The Kier molecular flexibility index (Phi) is 5.94. The summed E-state index contributed by atoms with van der Waals surface area (Å²) >= 11 is 6.88. The number of fused-ring (bicyclic) bond motifs is 1. The molecule has 0 saturated carbocycles. The first-order chi connectivity index (χ1) is 14.2. The first kappa shape index (κ1) is 23.2. The van der Waals surface area contributed by atoms with Gasteiger partial charge in [-0.2, -0.15) is 21.6 Å². The molecule has 15 heteroatoms. The molecule has 0 aliphatic heterocycles. The number of aromatic nitrogens is 1. The zero-order valence-corrected chi connectivity index (χ0v) is 18.3. The van der Waals surface area contributed by atoms with Crippen molar-refractivity contribution < 1.29 is 39.0 Å². The van der Waals surface area contributed by atoms with E-state index in [2.05, 4.69) is 9.17 Å². The largest absolute Gasteiger partial charge is 0.534 e. The summed E-state index contributed by atoms with van der Waals surface area (Å²) < 4.78 is 90.3. The molecule has 0 spiro atoms. The topological polar surface area (TPSA) is 119 Å². The van der Waals surface area contributed by atoms with Gasteiger partial charge in [-0.3, -0.25) is 9.78 Å². The van der Waals surface area contributed by atoms with Gasteiger partial charge in [0.25, 0.3) is 5.91 Å². The molecular formula is C16H10ClF3N2O6S3. The van der Waals surface area contributed by atoms with Gasteiger partial charge in [-0.25, -0.2) is 13.1 Å². The molecule has 0 radical (unpaired) electrons. The van der Waals surface area contributed by atoms with E-state index in [-0.39, 0.29) is 31.9 Å². The molecule has 0 bridgehead atoms. The van der Waals surface area contributed by atoms with Gasteiger partial charge < -0.3 is 4.18 Å². The molecule has 166 valence electrons. The minimum Gasteiger partial charge on any atom is -0.375 e. The summed E-state index contributed by atoms with van der Waals surface area (Å²) in [6, 6.07) is 4.64. The number of sulfonamides is 1. The molecule has 1 aromatic carbocycles. The van der Waals surface area contributed by atoms with E-state index in [9.17, 15) is 34.8 Å². The lowest BCUT2D eigenvalue weighted by Crippen LogP contribution is -2.29. The van der Waals surface area contributed by atoms with E-state index < -0.39 is 37.3 Å². The molecule has 0 aliphatic carbocycles. The predicted octanol–water partition coefficient (Wildman–Crippen LogP) is 3.53. The summed E-state index contributed by atoms with van der Waals surface area (Å²) in [6.45, 7) is 0. The maximum absolute atomic E-state index is 12.8. The van der Waals surface area contributed by atoms with E-state index >= 15 is 0 Å². The van der Waals surface area contributed by atoms with E-state index in [0.717, 1.165) is 29.7 Å². The van der Waals surface area contributed by atoms with E-state index in [1.165, 1.54) is 23.7 Å². The molecular weight excluding hydrogens is 505 g/mol. The number of carbonyl (C=O) groups excluding carboxylic acids is 1. The number of hydrogen-bond acceptors (Lipinski definition) is 8. The van der Waals surface area contributed by atoms with Crippen molar-refractivity contribution in [2.45, 2.75) is 5.51 Å². The second-order valence-corrected chi connectivity index (χ2v) is 10.6. The molecule has 3 aromatic rings. The summed E-state index contributed by atoms with van der Waals surface area (Å²) in [5.41, 5.74) is -5.64. The van der Waals surface area contributed by atoms with Crippen molar-refractivity contribution in [3.05, 3.63) is 46.4 Å². The Morgan fingerprint density at radius 2 is 1.84 bits per heavy atom. The minimum absolute atomic E-state index is 0.0493. The van der Waals surface area contributed by atoms with Gasteiger partial charge in [0.1, 0.15) is 0 Å². The predicted molar refractivity (Wildman–Crippen MR) is 108 cm³/mol. The van der Waals surface area contributed by atoms with Crippen molar-refractivity contribution >= 4 is 59.2 Å². The molecule has 2 aromatic heterocycles. The van der Waals surface area contributed by atoms with Crippen LogP contribution in [-0.2, 0) is 20.1 Å². The number of benzene rings is 1. The molecule has 3 rings (SSSR count). The van der Waals surface area contributed by atoms with E-state index in [0.29, 0.717) is 0 Å². The SMILES string of the molecule is CS(=O)(=O)NC(=O)c1csc2c(-c3cc(Cl)ccc3OS(=O)(=O)C(F)(F)F)ccnc12. The summed E-state index contributed by atoms with van der Waals surface area (Å²) in [5.74, 6) is -1.61. The third-order valence-corrected chi connectivity index (χ3v) is 6.45. The fourth-order valence-corrected chi connectivity index (χ4v) is 4.61. The Balaban J connectivity index is 2.17. The summed E-state index contributed by atoms with van der Waals surface area (Å²) in [4.78, 5) is 16.3. The molecule has 0 saturated heterocycles. The Hall–Kier alpha value is -2.42. The van der Waals surface area contributed by atoms with Crippen LogP contribution in [0, 0.1) is 0 Å². The van der Waals surface area contributed by atoms with Crippen LogP contribution in [-0.4, -0.2) is 39.5 Å². The van der Waals surface area contributed by atoms with Crippen LogP contribution in [0.25, 0.3) is 21.3 Å². The lowest BCUT2D eigenvalue weighted by molar-refractivity contribution is -0.0499. The van der Waals surface area contributed by atoms with Crippen molar-refractivity contribution in [1.29, 1.82) is 0 Å². The van der Waals surface area contributed by atoms with Crippen molar-refractivity contribution in [1.82, 2.24) is 9.71 Å². The number of hydrogen-bond donors (Lipinski definition) is 1. The highest BCUT2D eigenvalue weighted by Crippen LogP contribution is 2.41. The molecule has 2 heterocycles. The van der Waals surface area contributed by atoms with Crippen molar-refractivity contribution in [2.75, 3.05) is 6.26 Å². The normalized spacial score (nSPS) is 12.7. The van der Waals surface area contributed by atoms with Crippen LogP contribution in [0.15, 0.2) is 35.8 Å². The third-order valence-electron chi connectivity index (χ3n) is 3.69. The van der Waals surface area contributed by atoms with Crippen LogP contribution in [0.3, 0.4) is 0 Å². The summed E-state index contributed by atoms with van der Waals surface area (Å²) in [5, 5.41) is 1.38. The first-order valence-electron chi connectivity index (χ1n) is 7.88. The zero-order valence-electron chi connectivity index (χ0n) is 15.1. The highest BCUT2D eigenvalue weighted by atomic mass is 35.5. The van der Waals surface area contributed by atoms with Gasteiger partial charge in [0, 0.05) is 27.7 Å². The smallest absolute Gasteiger partial charge is 0.375 e. The van der Waals surface area contributed by atoms with Crippen molar-refractivity contribution in [2.24, 2.45) is 0 Å². The number of thiophene rings is 1. The number of carbonyl (C=O) groups is 1. The molecule has 0 unspecified atom stereocenters. The number of alkyl halides is 3. The van der Waals surface area contributed by atoms with Crippen LogP contribution in [0.2, 0.25) is 5.02 Å². The van der Waals surface area contributed by atoms with Gasteiger partial charge in [0.05, 0.1) is 22.0 Å². The van der Waals surface area contributed by atoms with E-state index in [1.54, 1.807) is 4.72 Å². The van der Waals surface area contributed by atoms with Crippen LogP contribution >= 0.6 is 22.9 Å². The third kappa shape index (κ3) is 4.92. The van der Waals surface area contributed by atoms with E-state index in [4.69, 9.17) is 11.6 Å². The molecule has 0 fully saturated rings. The number of nitrogens with zero attached hydrogens (tertiary/aromatic N) is 1.